The summed E-state index contributed by atoms with van der Waals surface area (Å²) in [6.07, 6.45) is 3.55. The van der Waals surface area contributed by atoms with Gasteiger partial charge in [-0.15, -0.1) is 0 Å². The third kappa shape index (κ3) is 2.20. The summed E-state index contributed by atoms with van der Waals surface area (Å²) < 4.78 is 0.143. The quantitative estimate of drug-likeness (QED) is 0.490. The number of nitrogens with zero attached hydrogens (tertiary/aromatic N) is 1. The minimum atomic E-state index is 0.143. The molecular weight excluding hydrogens is 263 g/mol. The summed E-state index contributed by atoms with van der Waals surface area (Å²) in [5, 5.41) is 9.80. The van der Waals surface area contributed by atoms with Crippen LogP contribution in [0.3, 0.4) is 0 Å². The van der Waals surface area contributed by atoms with Crippen molar-refractivity contribution in [2.24, 2.45) is 0 Å². The van der Waals surface area contributed by atoms with E-state index in [9.17, 15) is 5.11 Å². The second kappa shape index (κ2) is 4.58. The maximum atomic E-state index is 9.80. The number of phenolic OH excluding ortho intramolecular Hbond substituents is 1. The van der Waals surface area contributed by atoms with Gasteiger partial charge in [-0.1, -0.05) is 0 Å². The summed E-state index contributed by atoms with van der Waals surface area (Å²) in [5.74, 6) is 0.285. The van der Waals surface area contributed by atoms with E-state index in [1.54, 1.807) is 18.3 Å². The van der Waals surface area contributed by atoms with Crippen LogP contribution < -0.4 is 5.73 Å². The van der Waals surface area contributed by atoms with E-state index in [4.69, 9.17) is 5.73 Å². The Morgan fingerprint density at radius 3 is 2.81 bits per heavy atom. The number of rotatable bonds is 2. The van der Waals surface area contributed by atoms with Gasteiger partial charge in [0.15, 0.2) is 0 Å². The zero-order valence-electron chi connectivity index (χ0n) is 8.67. The monoisotopic (exact) mass is 276 g/mol. The number of nitrogen functional groups attached to an aromatic ring is 1. The van der Waals surface area contributed by atoms with Crippen LogP contribution in [-0.4, -0.2) is 26.9 Å². The summed E-state index contributed by atoms with van der Waals surface area (Å²) in [7, 11) is 0. The molecule has 3 N–H and O–H groups in total. The summed E-state index contributed by atoms with van der Waals surface area (Å²) in [4.78, 5) is 4.08. The van der Waals surface area contributed by atoms with Crippen LogP contribution in [0.25, 0.3) is 0 Å². The van der Waals surface area contributed by atoms with E-state index in [0.717, 1.165) is 11.1 Å². The molecule has 0 saturated heterocycles. The topological polar surface area (TPSA) is 59.1 Å². The van der Waals surface area contributed by atoms with Crippen molar-refractivity contribution in [3.05, 3.63) is 53.9 Å². The molecule has 1 aromatic carbocycles. The van der Waals surface area contributed by atoms with Crippen LogP contribution in [-0.2, 0) is 0 Å². The third-order valence-electron chi connectivity index (χ3n) is 2.43. The number of hydrogen-bond donors (Lipinski definition) is 2. The molecule has 2 rings (SSSR count). The van der Waals surface area contributed by atoms with Gasteiger partial charge in [-0.3, -0.25) is 0 Å². The predicted octanol–water partition coefficient (Wildman–Crippen LogP) is 1.09. The molecule has 0 saturated carbocycles. The number of aromatic nitrogens is 1. The SMILES string of the molecule is Nc1ccc(O)c(C([AsH2])c2cccnc2)c1. The zero-order chi connectivity index (χ0) is 11.5. The van der Waals surface area contributed by atoms with Gasteiger partial charge in [-0.2, -0.15) is 0 Å². The zero-order valence-corrected chi connectivity index (χ0v) is 11.1. The van der Waals surface area contributed by atoms with Crippen LogP contribution >= 0.6 is 0 Å². The first-order valence-corrected chi connectivity index (χ1v) is 6.32. The number of hydrogen-bond acceptors (Lipinski definition) is 3. The van der Waals surface area contributed by atoms with Crippen LogP contribution in [0.5, 0.6) is 5.75 Å². The van der Waals surface area contributed by atoms with E-state index in [1.165, 1.54) is 16.9 Å². The normalized spacial score (nSPS) is 12.3. The van der Waals surface area contributed by atoms with Crippen LogP contribution in [0.4, 0.5) is 5.69 Å². The first-order valence-electron chi connectivity index (χ1n) is 4.92. The van der Waals surface area contributed by atoms with Crippen molar-refractivity contribution in [3.8, 4) is 5.75 Å². The molecule has 82 valence electrons. The summed E-state index contributed by atoms with van der Waals surface area (Å²) in [6, 6.07) is 9.04. The van der Waals surface area contributed by atoms with Crippen molar-refractivity contribution in [1.29, 1.82) is 0 Å². The Hall–Kier alpha value is -1.47. The second-order valence-corrected chi connectivity index (χ2v) is 4.98. The molecule has 2 aromatic rings. The molecule has 2 unspecified atom stereocenters. The minimum absolute atomic E-state index is 0.143. The van der Waals surface area contributed by atoms with E-state index in [2.05, 4.69) is 4.98 Å². The van der Waals surface area contributed by atoms with Crippen molar-refractivity contribution in [3.63, 3.8) is 0 Å². The van der Waals surface area contributed by atoms with Gasteiger partial charge in [0.2, 0.25) is 0 Å². The molecule has 0 spiro atoms. The summed E-state index contributed by atoms with van der Waals surface area (Å²) in [5.41, 5.74) is 8.33. The molecule has 0 aliphatic heterocycles. The average Bonchev–Trinajstić information content (AvgIpc) is 2.32. The van der Waals surface area contributed by atoms with E-state index in [-0.39, 0.29) is 10.5 Å². The van der Waals surface area contributed by atoms with Crippen molar-refractivity contribution in [2.45, 2.75) is 4.71 Å². The molecule has 0 amide bonds. The van der Waals surface area contributed by atoms with Crippen LogP contribution in [0.15, 0.2) is 42.7 Å². The van der Waals surface area contributed by atoms with Crippen molar-refractivity contribution in [1.82, 2.24) is 4.98 Å². The predicted molar refractivity (Wildman–Crippen MR) is 67.1 cm³/mol. The fourth-order valence-electron chi connectivity index (χ4n) is 1.56. The maximum absolute atomic E-state index is 9.80. The Bertz CT molecular complexity index is 488. The van der Waals surface area contributed by atoms with Crippen molar-refractivity contribution in [2.75, 3.05) is 5.73 Å². The number of aromatic hydroxyl groups is 1. The van der Waals surface area contributed by atoms with E-state index >= 15 is 0 Å². The van der Waals surface area contributed by atoms with E-state index in [1.807, 2.05) is 24.4 Å². The fraction of sp³-hybridized carbons (Fsp3) is 0.0833. The van der Waals surface area contributed by atoms with Gasteiger partial charge >= 0.3 is 103 Å². The van der Waals surface area contributed by atoms with Crippen molar-refractivity contribution >= 4 is 22.5 Å². The number of nitrogens with two attached hydrogens (primary N) is 1. The molecule has 2 atom stereocenters. The molecule has 0 radical (unpaired) electrons. The van der Waals surface area contributed by atoms with E-state index < -0.39 is 0 Å². The average molecular weight is 276 g/mol. The molecule has 1 aromatic heterocycles. The van der Waals surface area contributed by atoms with Gasteiger partial charge < -0.3 is 0 Å². The molecule has 1 heterocycles. The molecule has 16 heavy (non-hydrogen) atoms. The van der Waals surface area contributed by atoms with Gasteiger partial charge in [0.1, 0.15) is 0 Å². The van der Waals surface area contributed by atoms with Crippen LogP contribution in [0.1, 0.15) is 15.8 Å². The molecule has 4 heteroatoms. The number of benzene rings is 1. The first-order chi connectivity index (χ1) is 7.68. The van der Waals surface area contributed by atoms with Gasteiger partial charge in [0.25, 0.3) is 0 Å². The Kier molecular flexibility index (Phi) is 3.16. The molecular formula is C12H13AsN2O. The Balaban J connectivity index is 2.41. The van der Waals surface area contributed by atoms with Gasteiger partial charge in [-0.05, 0) is 0 Å². The summed E-state index contributed by atoms with van der Waals surface area (Å²) in [6.45, 7) is 0. The van der Waals surface area contributed by atoms with Crippen LogP contribution in [0, 0.1) is 0 Å². The standard InChI is InChI=1S/C12H13AsN2O/c13-12(8-2-1-5-15-7-8)10-6-9(14)3-4-11(10)16/h1-7,12,16H,13-14H2. The van der Waals surface area contributed by atoms with Crippen molar-refractivity contribution < 1.29 is 5.11 Å². The Morgan fingerprint density at radius 2 is 2.12 bits per heavy atom. The number of pyridine rings is 1. The fourth-order valence-corrected chi connectivity index (χ4v) is 2.54. The van der Waals surface area contributed by atoms with Gasteiger partial charge in [-0.25, -0.2) is 0 Å². The van der Waals surface area contributed by atoms with Crippen LogP contribution in [0.2, 0.25) is 0 Å². The second-order valence-electron chi connectivity index (χ2n) is 3.58. The number of anilines is 1. The van der Waals surface area contributed by atoms with Gasteiger partial charge in [0.05, 0.1) is 0 Å². The molecule has 0 fully saturated rings. The molecule has 0 bridgehead atoms. The summed E-state index contributed by atoms with van der Waals surface area (Å²) >= 11 is 1.52. The van der Waals surface area contributed by atoms with E-state index in [0.29, 0.717) is 5.69 Å². The Labute approximate surface area is 103 Å². The molecule has 3 nitrogen and oxygen atoms in total. The molecule has 0 aliphatic rings. The first kappa shape index (κ1) is 11.0. The number of phenols is 1. The Morgan fingerprint density at radius 1 is 1.31 bits per heavy atom. The molecule has 0 aliphatic carbocycles. The van der Waals surface area contributed by atoms with Gasteiger partial charge in [0, 0.05) is 0 Å². The third-order valence-corrected chi connectivity index (χ3v) is 3.99.